The molecule has 0 aliphatic heterocycles. The maximum Gasteiger partial charge on any atom is 0.218 e. The van der Waals surface area contributed by atoms with Gasteiger partial charge in [0.2, 0.25) is 5.91 Å². The summed E-state index contributed by atoms with van der Waals surface area (Å²) in [4.78, 5) is 12.5. The lowest BCUT2D eigenvalue weighted by Crippen LogP contribution is -2.54. The Bertz CT molecular complexity index is 566. The predicted octanol–water partition coefficient (Wildman–Crippen LogP) is 1.43. The molecule has 0 saturated heterocycles. The van der Waals surface area contributed by atoms with Crippen LogP contribution in [-0.2, 0) is 15.6 Å². The molecule has 0 unspecified atom stereocenters. The van der Waals surface area contributed by atoms with Gasteiger partial charge in [-0.25, -0.2) is 4.21 Å². The third-order valence-electron chi connectivity index (χ3n) is 2.77. The van der Waals surface area contributed by atoms with Gasteiger partial charge in [-0.2, -0.15) is 0 Å². The van der Waals surface area contributed by atoms with E-state index in [-0.39, 0.29) is 5.91 Å². The molecule has 0 bridgehead atoms. The number of allylic oxidation sites excluding steroid dienone is 1. The Kier molecular flexibility index (Phi) is 3.97. The molecule has 1 aliphatic rings. The van der Waals surface area contributed by atoms with Crippen molar-refractivity contribution in [3.8, 4) is 0 Å². The van der Waals surface area contributed by atoms with Gasteiger partial charge in [-0.1, -0.05) is 24.3 Å². The number of rotatable bonds is 3. The highest BCUT2D eigenvalue weighted by Crippen LogP contribution is 2.22. The van der Waals surface area contributed by atoms with Crippen LogP contribution in [0, 0.1) is 0 Å². The van der Waals surface area contributed by atoms with Crippen LogP contribution in [0.15, 0.2) is 58.4 Å². The molecule has 19 heavy (non-hydrogen) atoms. The number of benzene rings is 1. The van der Waals surface area contributed by atoms with Crippen molar-refractivity contribution in [2.75, 3.05) is 0 Å². The van der Waals surface area contributed by atoms with Crippen molar-refractivity contribution >= 4 is 16.7 Å². The molecule has 5 heteroatoms. The van der Waals surface area contributed by atoms with Gasteiger partial charge in [0.15, 0.2) is 0 Å². The van der Waals surface area contributed by atoms with Crippen LogP contribution >= 0.6 is 0 Å². The highest BCUT2D eigenvalue weighted by molar-refractivity contribution is 7.89. The summed E-state index contributed by atoms with van der Waals surface area (Å²) in [6, 6.07) is 9.23. The fourth-order valence-corrected chi connectivity index (χ4v) is 2.98. The van der Waals surface area contributed by atoms with E-state index in [2.05, 4.69) is 5.32 Å². The van der Waals surface area contributed by atoms with Gasteiger partial charge in [-0.3, -0.25) is 4.79 Å². The molecule has 100 valence electrons. The molecule has 0 radical (unpaired) electrons. The largest absolute Gasteiger partial charge is 0.335 e. The van der Waals surface area contributed by atoms with Gasteiger partial charge in [-0.05, 0) is 24.3 Å². The maximum atomic E-state index is 12.3. The minimum atomic E-state index is -1.21. The topological polar surface area (TPSA) is 72.2 Å². The molecule has 1 aliphatic carbocycles. The second-order valence-electron chi connectivity index (χ2n) is 4.45. The van der Waals surface area contributed by atoms with Gasteiger partial charge >= 0.3 is 0 Å². The molecule has 1 amide bonds. The molecular weight excluding hydrogens is 260 g/mol. The Hall–Kier alpha value is -1.72. The number of amides is 1. The summed E-state index contributed by atoms with van der Waals surface area (Å²) in [5.41, 5.74) is 5.12. The average Bonchev–Trinajstić information content (AvgIpc) is 2.38. The van der Waals surface area contributed by atoms with E-state index in [9.17, 15) is 9.00 Å². The van der Waals surface area contributed by atoms with E-state index < -0.39 is 16.5 Å². The minimum Gasteiger partial charge on any atom is -0.335 e. The van der Waals surface area contributed by atoms with Crippen molar-refractivity contribution < 1.29 is 9.00 Å². The molecule has 0 spiro atoms. The van der Waals surface area contributed by atoms with Crippen LogP contribution in [-0.4, -0.2) is 15.8 Å². The summed E-state index contributed by atoms with van der Waals surface area (Å²) in [6.45, 7) is 1.42. The van der Waals surface area contributed by atoms with Gasteiger partial charge in [0.05, 0.1) is 10.8 Å². The summed E-state index contributed by atoms with van der Waals surface area (Å²) in [5.74, 6) is -0.187. The summed E-state index contributed by atoms with van der Waals surface area (Å²) in [5, 5.41) is 2.67. The Morgan fingerprint density at radius 2 is 2.05 bits per heavy atom. The third kappa shape index (κ3) is 3.39. The van der Waals surface area contributed by atoms with Gasteiger partial charge in [0, 0.05) is 23.1 Å². The number of hydrogen-bond acceptors (Lipinski definition) is 3. The standard InChI is InChI=1S/C14H16N2O2S/c1-11(17)16-14(15)9-7-13(8-10-14)19(18)12-5-3-2-4-6-12/h2-9H,10,15H2,1H3,(H,16,17)/t14-,19+/m0/s1. The number of nitrogens with one attached hydrogen (secondary N) is 1. The van der Waals surface area contributed by atoms with Crippen molar-refractivity contribution in [2.45, 2.75) is 23.9 Å². The highest BCUT2D eigenvalue weighted by Gasteiger charge is 2.25. The van der Waals surface area contributed by atoms with Crippen molar-refractivity contribution in [3.05, 3.63) is 53.5 Å². The molecule has 1 aromatic rings. The fourth-order valence-electron chi connectivity index (χ4n) is 1.87. The van der Waals surface area contributed by atoms with E-state index >= 15 is 0 Å². The van der Waals surface area contributed by atoms with Gasteiger partial charge in [0.25, 0.3) is 0 Å². The maximum absolute atomic E-state index is 12.3. The monoisotopic (exact) mass is 276 g/mol. The molecule has 0 fully saturated rings. The molecule has 0 aromatic heterocycles. The zero-order valence-corrected chi connectivity index (χ0v) is 11.4. The van der Waals surface area contributed by atoms with Crippen LogP contribution < -0.4 is 11.1 Å². The van der Waals surface area contributed by atoms with Crippen LogP contribution in [0.25, 0.3) is 0 Å². The molecular formula is C14H16N2O2S. The first-order valence-electron chi connectivity index (χ1n) is 5.94. The first-order chi connectivity index (χ1) is 9.00. The fraction of sp³-hybridized carbons (Fsp3) is 0.214. The molecule has 2 rings (SSSR count). The lowest BCUT2D eigenvalue weighted by Gasteiger charge is -2.28. The first kappa shape index (κ1) is 13.7. The van der Waals surface area contributed by atoms with E-state index in [1.807, 2.05) is 30.3 Å². The number of hydrogen-bond donors (Lipinski definition) is 2. The van der Waals surface area contributed by atoms with E-state index in [1.54, 1.807) is 18.2 Å². The lowest BCUT2D eigenvalue weighted by atomic mass is 10.0. The van der Waals surface area contributed by atoms with Crippen LogP contribution in [0.4, 0.5) is 0 Å². The van der Waals surface area contributed by atoms with Crippen molar-refractivity contribution in [1.29, 1.82) is 0 Å². The lowest BCUT2D eigenvalue weighted by molar-refractivity contribution is -0.120. The van der Waals surface area contributed by atoms with Crippen molar-refractivity contribution in [2.24, 2.45) is 5.73 Å². The Labute approximate surface area is 114 Å². The molecule has 0 saturated carbocycles. The molecule has 4 nitrogen and oxygen atoms in total. The van der Waals surface area contributed by atoms with Crippen LogP contribution in [0.5, 0.6) is 0 Å². The summed E-state index contributed by atoms with van der Waals surface area (Å²) in [6.07, 6.45) is 5.63. The second kappa shape index (κ2) is 5.50. The predicted molar refractivity (Wildman–Crippen MR) is 75.4 cm³/mol. The first-order valence-corrected chi connectivity index (χ1v) is 7.09. The number of nitrogens with two attached hydrogens (primary N) is 1. The van der Waals surface area contributed by atoms with Gasteiger partial charge in [0.1, 0.15) is 5.66 Å². The molecule has 3 N–H and O–H groups in total. The van der Waals surface area contributed by atoms with Gasteiger partial charge in [-0.15, -0.1) is 0 Å². The minimum absolute atomic E-state index is 0.187. The molecule has 1 aromatic carbocycles. The normalized spacial score (nSPS) is 23.6. The Morgan fingerprint density at radius 3 is 2.58 bits per heavy atom. The van der Waals surface area contributed by atoms with E-state index in [0.29, 0.717) is 11.3 Å². The van der Waals surface area contributed by atoms with E-state index in [0.717, 1.165) is 4.90 Å². The molecule has 0 heterocycles. The summed E-state index contributed by atoms with van der Waals surface area (Å²) >= 11 is 0. The number of carbonyl (C=O) groups excluding carboxylic acids is 1. The Balaban J connectivity index is 2.12. The van der Waals surface area contributed by atoms with E-state index in [4.69, 9.17) is 5.73 Å². The Morgan fingerprint density at radius 1 is 1.37 bits per heavy atom. The summed E-state index contributed by atoms with van der Waals surface area (Å²) in [7, 11) is -1.21. The van der Waals surface area contributed by atoms with Crippen molar-refractivity contribution in [3.63, 3.8) is 0 Å². The average molecular weight is 276 g/mol. The van der Waals surface area contributed by atoms with E-state index in [1.165, 1.54) is 6.92 Å². The highest BCUT2D eigenvalue weighted by atomic mass is 32.2. The molecule has 2 atom stereocenters. The quantitative estimate of drug-likeness (QED) is 0.820. The van der Waals surface area contributed by atoms with Crippen LogP contribution in [0.2, 0.25) is 0 Å². The third-order valence-corrected chi connectivity index (χ3v) is 4.20. The van der Waals surface area contributed by atoms with Crippen LogP contribution in [0.1, 0.15) is 13.3 Å². The second-order valence-corrected chi connectivity index (χ2v) is 5.93. The zero-order valence-electron chi connectivity index (χ0n) is 10.6. The van der Waals surface area contributed by atoms with Crippen molar-refractivity contribution in [1.82, 2.24) is 5.32 Å². The van der Waals surface area contributed by atoms with Crippen LogP contribution in [0.3, 0.4) is 0 Å². The number of carbonyl (C=O) groups is 1. The SMILES string of the molecule is CC(=O)N[C@@]1(N)C=CC([S@](=O)c2ccccc2)=CC1. The zero-order chi connectivity index (χ0) is 13.9. The smallest absolute Gasteiger partial charge is 0.218 e. The van der Waals surface area contributed by atoms with Gasteiger partial charge < -0.3 is 11.1 Å². The summed E-state index contributed by atoms with van der Waals surface area (Å²) < 4.78 is 12.3.